The highest BCUT2D eigenvalue weighted by Gasteiger charge is 2.29. The topological polar surface area (TPSA) is 46.3 Å². The lowest BCUT2D eigenvalue weighted by Gasteiger charge is -2.23. The van der Waals surface area contributed by atoms with Crippen LogP contribution in [0.4, 0.5) is 0 Å². The Morgan fingerprint density at radius 2 is 2.12 bits per heavy atom. The molecule has 0 bridgehead atoms. The van der Waals surface area contributed by atoms with Gasteiger partial charge in [-0.1, -0.05) is 20.3 Å². The van der Waals surface area contributed by atoms with Crippen molar-refractivity contribution < 1.29 is 4.79 Å². The molecule has 0 aromatic heterocycles. The number of carbonyl (C=O) groups excluding carboxylic acids is 1. The summed E-state index contributed by atoms with van der Waals surface area (Å²) in [5.74, 6) is 1.08. The molecule has 1 fully saturated rings. The first-order chi connectivity index (χ1) is 7.04. The predicted molar refractivity (Wildman–Crippen MR) is 69.7 cm³/mol. The number of halogens is 1. The van der Waals surface area contributed by atoms with Crippen LogP contribution in [0.2, 0.25) is 0 Å². The highest BCUT2D eigenvalue weighted by atomic mass is 35.5. The molecule has 0 radical (unpaired) electrons. The zero-order chi connectivity index (χ0) is 11.4. The smallest absolute Gasteiger partial charge is 0.225 e. The van der Waals surface area contributed by atoms with Crippen molar-refractivity contribution in [3.63, 3.8) is 0 Å². The summed E-state index contributed by atoms with van der Waals surface area (Å²) in [5.41, 5.74) is 5.82. The van der Waals surface area contributed by atoms with Crippen molar-refractivity contribution in [1.82, 2.24) is 4.90 Å². The highest BCUT2D eigenvalue weighted by Crippen LogP contribution is 2.25. The van der Waals surface area contributed by atoms with E-state index >= 15 is 0 Å². The van der Waals surface area contributed by atoms with Gasteiger partial charge in [-0.2, -0.15) is 0 Å². The lowest BCUT2D eigenvalue weighted by Crippen LogP contribution is -2.35. The van der Waals surface area contributed by atoms with Gasteiger partial charge in [0.05, 0.1) is 0 Å². The van der Waals surface area contributed by atoms with Gasteiger partial charge in [0.1, 0.15) is 0 Å². The average Bonchev–Trinajstić information content (AvgIpc) is 2.63. The predicted octanol–water partition coefficient (Wildman–Crippen LogP) is 2.04. The first kappa shape index (κ1) is 15.7. The number of hydrogen-bond acceptors (Lipinski definition) is 2. The van der Waals surface area contributed by atoms with Gasteiger partial charge in [0.25, 0.3) is 0 Å². The third kappa shape index (κ3) is 4.30. The summed E-state index contributed by atoms with van der Waals surface area (Å²) in [6, 6.07) is 0.246. The zero-order valence-corrected chi connectivity index (χ0v) is 11.4. The van der Waals surface area contributed by atoms with Crippen LogP contribution < -0.4 is 5.73 Å². The van der Waals surface area contributed by atoms with Crippen molar-refractivity contribution in [3.8, 4) is 0 Å². The second-order valence-corrected chi connectivity index (χ2v) is 5.00. The van der Waals surface area contributed by atoms with E-state index in [2.05, 4.69) is 13.8 Å². The van der Waals surface area contributed by atoms with Crippen LogP contribution in [-0.4, -0.2) is 30.4 Å². The van der Waals surface area contributed by atoms with Gasteiger partial charge < -0.3 is 10.6 Å². The molecule has 1 aliphatic carbocycles. The van der Waals surface area contributed by atoms with Crippen molar-refractivity contribution >= 4 is 18.3 Å². The van der Waals surface area contributed by atoms with Crippen molar-refractivity contribution in [2.24, 2.45) is 17.6 Å². The van der Waals surface area contributed by atoms with E-state index in [4.69, 9.17) is 5.73 Å². The monoisotopic (exact) mass is 248 g/mol. The fraction of sp³-hybridized carbons (Fsp3) is 0.917. The number of hydrogen-bond donors (Lipinski definition) is 1. The molecule has 0 aromatic rings. The summed E-state index contributed by atoms with van der Waals surface area (Å²) in [5, 5.41) is 0. The molecule has 1 rings (SSSR count). The fourth-order valence-corrected chi connectivity index (χ4v) is 2.24. The van der Waals surface area contributed by atoms with Crippen LogP contribution in [0.3, 0.4) is 0 Å². The van der Waals surface area contributed by atoms with E-state index in [-0.39, 0.29) is 24.4 Å². The Bertz CT molecular complexity index is 223. The molecular weight excluding hydrogens is 224 g/mol. The van der Waals surface area contributed by atoms with Crippen molar-refractivity contribution in [2.45, 2.75) is 45.6 Å². The van der Waals surface area contributed by atoms with Crippen LogP contribution in [0.5, 0.6) is 0 Å². The second kappa shape index (κ2) is 7.13. The number of nitrogens with two attached hydrogens (primary N) is 1. The third-order valence-electron chi connectivity index (χ3n) is 3.48. The number of amides is 1. The normalized spacial score (nSPS) is 26.0. The molecule has 1 saturated carbocycles. The van der Waals surface area contributed by atoms with E-state index in [0.29, 0.717) is 11.8 Å². The van der Waals surface area contributed by atoms with Gasteiger partial charge in [0.15, 0.2) is 0 Å². The van der Waals surface area contributed by atoms with Crippen LogP contribution in [0.15, 0.2) is 0 Å². The standard InChI is InChI=1S/C12H24N2O.ClH/c1-4-9(2)8-14(3)12(15)10-5-6-11(13)7-10;/h9-11H,4-8,13H2,1-3H3;1H. The van der Waals surface area contributed by atoms with Gasteiger partial charge in [-0.3, -0.25) is 4.79 Å². The quantitative estimate of drug-likeness (QED) is 0.828. The molecule has 0 aliphatic heterocycles. The molecule has 3 nitrogen and oxygen atoms in total. The summed E-state index contributed by atoms with van der Waals surface area (Å²) in [6.45, 7) is 5.22. The SMILES string of the molecule is CCC(C)CN(C)C(=O)C1CCC(N)C1.Cl. The lowest BCUT2D eigenvalue weighted by atomic mass is 10.0. The number of rotatable bonds is 4. The van der Waals surface area contributed by atoms with E-state index in [1.165, 1.54) is 0 Å². The first-order valence-electron chi connectivity index (χ1n) is 6.05. The minimum absolute atomic E-state index is 0. The highest BCUT2D eigenvalue weighted by molar-refractivity contribution is 5.85. The van der Waals surface area contributed by atoms with Gasteiger partial charge in [-0.15, -0.1) is 12.4 Å². The Morgan fingerprint density at radius 3 is 2.56 bits per heavy atom. The molecule has 0 heterocycles. The summed E-state index contributed by atoms with van der Waals surface area (Å²) in [4.78, 5) is 13.9. The second-order valence-electron chi connectivity index (χ2n) is 5.00. The van der Waals surface area contributed by atoms with Gasteiger partial charge in [0.2, 0.25) is 5.91 Å². The molecule has 3 unspecified atom stereocenters. The zero-order valence-electron chi connectivity index (χ0n) is 10.6. The van der Waals surface area contributed by atoms with Gasteiger partial charge in [0, 0.05) is 25.6 Å². The van der Waals surface area contributed by atoms with Gasteiger partial charge in [-0.25, -0.2) is 0 Å². The van der Waals surface area contributed by atoms with E-state index in [0.717, 1.165) is 32.2 Å². The van der Waals surface area contributed by atoms with Crippen LogP contribution >= 0.6 is 12.4 Å². The lowest BCUT2D eigenvalue weighted by molar-refractivity contribution is -0.134. The van der Waals surface area contributed by atoms with E-state index < -0.39 is 0 Å². The minimum atomic E-state index is 0. The fourth-order valence-electron chi connectivity index (χ4n) is 2.24. The largest absolute Gasteiger partial charge is 0.345 e. The number of carbonyl (C=O) groups is 1. The van der Waals surface area contributed by atoms with Crippen LogP contribution in [0.1, 0.15) is 39.5 Å². The van der Waals surface area contributed by atoms with Crippen molar-refractivity contribution in [1.29, 1.82) is 0 Å². The van der Waals surface area contributed by atoms with E-state index in [1.54, 1.807) is 0 Å². The van der Waals surface area contributed by atoms with Crippen LogP contribution in [0, 0.1) is 11.8 Å². The molecule has 0 aromatic carbocycles. The summed E-state index contributed by atoms with van der Waals surface area (Å²) < 4.78 is 0. The van der Waals surface area contributed by atoms with Crippen molar-refractivity contribution in [2.75, 3.05) is 13.6 Å². The van der Waals surface area contributed by atoms with Crippen LogP contribution in [0.25, 0.3) is 0 Å². The molecule has 1 amide bonds. The Kier molecular flexibility index (Phi) is 7.00. The van der Waals surface area contributed by atoms with E-state index in [1.807, 2.05) is 11.9 Å². The Balaban J connectivity index is 0.00000225. The molecule has 4 heteroatoms. The Hall–Kier alpha value is -0.280. The van der Waals surface area contributed by atoms with E-state index in [9.17, 15) is 4.79 Å². The molecule has 96 valence electrons. The number of nitrogens with zero attached hydrogens (tertiary/aromatic N) is 1. The minimum Gasteiger partial charge on any atom is -0.345 e. The first-order valence-corrected chi connectivity index (χ1v) is 6.05. The molecule has 0 saturated heterocycles. The molecule has 1 aliphatic rings. The van der Waals surface area contributed by atoms with Gasteiger partial charge >= 0.3 is 0 Å². The molecule has 0 spiro atoms. The van der Waals surface area contributed by atoms with Crippen LogP contribution in [-0.2, 0) is 4.79 Å². The maximum absolute atomic E-state index is 12.0. The average molecular weight is 249 g/mol. The third-order valence-corrected chi connectivity index (χ3v) is 3.48. The Labute approximate surface area is 105 Å². The maximum Gasteiger partial charge on any atom is 0.225 e. The Morgan fingerprint density at radius 1 is 1.50 bits per heavy atom. The van der Waals surface area contributed by atoms with Gasteiger partial charge in [-0.05, 0) is 25.2 Å². The molecule has 16 heavy (non-hydrogen) atoms. The molecular formula is C12H25ClN2O. The van der Waals surface area contributed by atoms with Crippen molar-refractivity contribution in [3.05, 3.63) is 0 Å². The molecule has 3 atom stereocenters. The molecule has 2 N–H and O–H groups in total. The summed E-state index contributed by atoms with van der Waals surface area (Å²) >= 11 is 0. The maximum atomic E-state index is 12.0. The summed E-state index contributed by atoms with van der Waals surface area (Å²) in [6.07, 6.45) is 3.99. The summed E-state index contributed by atoms with van der Waals surface area (Å²) in [7, 11) is 1.92.